The van der Waals surface area contributed by atoms with E-state index in [1.807, 2.05) is 0 Å². The lowest BCUT2D eigenvalue weighted by molar-refractivity contribution is -0.142. The smallest absolute Gasteiger partial charge is 0.326 e. The Morgan fingerprint density at radius 3 is 2.03 bits per heavy atom. The molecule has 13 N–H and O–H groups in total. The number of carboxylic acids is 1. The minimum Gasteiger partial charge on any atom is -0.480 e. The molecule has 0 aliphatic heterocycles. The number of unbranched alkanes of at least 4 members (excludes halogenated alkanes) is 1. The van der Waals surface area contributed by atoms with Crippen molar-refractivity contribution >= 4 is 29.7 Å². The molecule has 0 unspecified atom stereocenters. The highest BCUT2D eigenvalue weighted by Gasteiger charge is 2.28. The zero-order valence-electron chi connectivity index (χ0n) is 16.3. The third kappa shape index (κ3) is 12.2. The molecule has 166 valence electrons. The van der Waals surface area contributed by atoms with Gasteiger partial charge in [-0.2, -0.15) is 0 Å². The molecule has 0 aliphatic rings. The average molecular weight is 416 g/mol. The summed E-state index contributed by atoms with van der Waals surface area (Å²) < 4.78 is 0. The molecule has 0 saturated carbocycles. The Hall–Kier alpha value is -2.93. The van der Waals surface area contributed by atoms with Crippen LogP contribution < -0.4 is 39.3 Å². The first-order chi connectivity index (χ1) is 13.6. The van der Waals surface area contributed by atoms with E-state index in [0.29, 0.717) is 25.8 Å². The van der Waals surface area contributed by atoms with Crippen molar-refractivity contribution in [1.82, 2.24) is 10.6 Å². The van der Waals surface area contributed by atoms with Crippen molar-refractivity contribution in [1.29, 1.82) is 0 Å². The van der Waals surface area contributed by atoms with E-state index < -0.39 is 48.2 Å². The normalized spacial score (nSPS) is 13.6. The number of carboxylic acid groups (broad SMARTS) is 1. The van der Waals surface area contributed by atoms with Gasteiger partial charge in [0, 0.05) is 6.54 Å². The fourth-order valence-corrected chi connectivity index (χ4v) is 2.36. The van der Waals surface area contributed by atoms with Crippen LogP contribution in [0.2, 0.25) is 0 Å². The van der Waals surface area contributed by atoms with Gasteiger partial charge in [0.05, 0.1) is 12.5 Å². The number of amides is 3. The lowest BCUT2D eigenvalue weighted by Crippen LogP contribution is -2.55. The minimum atomic E-state index is -1.35. The number of carbonyl (C=O) groups is 4. The summed E-state index contributed by atoms with van der Waals surface area (Å²) in [5.74, 6) is -3.77. The van der Waals surface area contributed by atoms with Crippen LogP contribution in [-0.2, 0) is 19.2 Å². The molecule has 0 bridgehead atoms. The van der Waals surface area contributed by atoms with Gasteiger partial charge in [0.25, 0.3) is 0 Å². The maximum atomic E-state index is 12.4. The number of primary amides is 1. The first-order valence-electron chi connectivity index (χ1n) is 9.21. The summed E-state index contributed by atoms with van der Waals surface area (Å²) in [6, 6.07) is -3.51. The van der Waals surface area contributed by atoms with Crippen LogP contribution in [0.5, 0.6) is 0 Å². The molecule has 0 saturated heterocycles. The Labute approximate surface area is 168 Å². The number of nitrogens with one attached hydrogen (secondary N) is 2. The zero-order chi connectivity index (χ0) is 22.4. The molecule has 0 aliphatic carbocycles. The molecular formula is C16H32N8O5. The number of nitrogens with two attached hydrogens (primary N) is 5. The van der Waals surface area contributed by atoms with Gasteiger partial charge < -0.3 is 44.4 Å². The summed E-state index contributed by atoms with van der Waals surface area (Å²) in [6.07, 6.45) is 1.46. The fourth-order valence-electron chi connectivity index (χ4n) is 2.36. The number of guanidine groups is 1. The van der Waals surface area contributed by atoms with E-state index in [0.717, 1.165) is 0 Å². The van der Waals surface area contributed by atoms with Crippen molar-refractivity contribution in [3.8, 4) is 0 Å². The van der Waals surface area contributed by atoms with Crippen molar-refractivity contribution < 1.29 is 24.3 Å². The Morgan fingerprint density at radius 2 is 1.52 bits per heavy atom. The minimum absolute atomic E-state index is 0.0354. The second-order valence-electron chi connectivity index (χ2n) is 6.47. The molecular weight excluding hydrogens is 384 g/mol. The van der Waals surface area contributed by atoms with Crippen molar-refractivity contribution in [2.45, 2.75) is 56.7 Å². The summed E-state index contributed by atoms with van der Waals surface area (Å²) in [7, 11) is 0. The summed E-state index contributed by atoms with van der Waals surface area (Å²) in [5.41, 5.74) is 26.6. The van der Waals surface area contributed by atoms with E-state index >= 15 is 0 Å². The number of carbonyl (C=O) groups excluding carboxylic acids is 3. The first-order valence-corrected chi connectivity index (χ1v) is 9.21. The Balaban J connectivity index is 4.93. The SMILES string of the molecule is NCCCC[C@H](N)C(=O)N[C@@H](CC(N)=O)C(=O)N[C@@H](CCCN=C(N)N)C(=O)O. The van der Waals surface area contributed by atoms with Gasteiger partial charge >= 0.3 is 5.97 Å². The second kappa shape index (κ2) is 14.1. The third-order valence-corrected chi connectivity index (χ3v) is 3.90. The van der Waals surface area contributed by atoms with Crippen LogP contribution in [0.3, 0.4) is 0 Å². The maximum Gasteiger partial charge on any atom is 0.326 e. The molecule has 0 fully saturated rings. The number of hydrogen-bond acceptors (Lipinski definition) is 7. The quantitative estimate of drug-likeness (QED) is 0.0744. The molecule has 3 amide bonds. The molecule has 13 heteroatoms. The van der Waals surface area contributed by atoms with Crippen molar-refractivity contribution in [3.63, 3.8) is 0 Å². The summed E-state index contributed by atoms with van der Waals surface area (Å²) >= 11 is 0. The van der Waals surface area contributed by atoms with Crippen molar-refractivity contribution in [2.75, 3.05) is 13.1 Å². The Kier molecular flexibility index (Phi) is 12.7. The van der Waals surface area contributed by atoms with Crippen LogP contribution >= 0.6 is 0 Å². The second-order valence-corrected chi connectivity index (χ2v) is 6.47. The van der Waals surface area contributed by atoms with Crippen molar-refractivity contribution in [2.24, 2.45) is 33.7 Å². The highest BCUT2D eigenvalue weighted by molar-refractivity contribution is 5.94. The van der Waals surface area contributed by atoms with Gasteiger partial charge in [0.1, 0.15) is 12.1 Å². The molecule has 0 aromatic heterocycles. The number of hydrogen-bond donors (Lipinski definition) is 8. The van der Waals surface area contributed by atoms with E-state index in [1.165, 1.54) is 0 Å². The number of nitrogens with zero attached hydrogens (tertiary/aromatic N) is 1. The van der Waals surface area contributed by atoms with Crippen LogP contribution in [0.25, 0.3) is 0 Å². The lowest BCUT2D eigenvalue weighted by atomic mass is 10.1. The van der Waals surface area contributed by atoms with E-state index in [4.69, 9.17) is 28.7 Å². The number of aliphatic imine (C=N–C) groups is 1. The summed E-state index contributed by atoms with van der Waals surface area (Å²) in [6.45, 7) is 0.641. The largest absolute Gasteiger partial charge is 0.480 e. The molecule has 3 atom stereocenters. The van der Waals surface area contributed by atoms with Crippen LogP contribution in [0.15, 0.2) is 4.99 Å². The molecule has 29 heavy (non-hydrogen) atoms. The molecule has 0 heterocycles. The Bertz CT molecular complexity index is 594. The molecule has 13 nitrogen and oxygen atoms in total. The highest BCUT2D eigenvalue weighted by atomic mass is 16.4. The van der Waals surface area contributed by atoms with E-state index in [-0.39, 0.29) is 25.3 Å². The summed E-state index contributed by atoms with van der Waals surface area (Å²) in [5, 5.41) is 13.9. The fraction of sp³-hybridized carbons (Fsp3) is 0.688. The standard InChI is InChI=1S/C16H32N8O5/c17-6-2-1-4-9(18)13(26)24-11(8-12(19)25)14(27)23-10(15(28)29)5-3-7-22-16(20)21/h9-11H,1-8,17-18H2,(H2,19,25)(H,23,27)(H,24,26)(H,28,29)(H4,20,21,22)/t9-,10-,11-/m0/s1. The average Bonchev–Trinajstić information content (AvgIpc) is 2.62. The van der Waals surface area contributed by atoms with Crippen LogP contribution in [0.1, 0.15) is 38.5 Å². The predicted octanol–water partition coefficient (Wildman–Crippen LogP) is -3.57. The molecule has 0 rings (SSSR count). The Morgan fingerprint density at radius 1 is 0.897 bits per heavy atom. The van der Waals surface area contributed by atoms with Gasteiger partial charge in [-0.25, -0.2) is 4.79 Å². The van der Waals surface area contributed by atoms with Crippen LogP contribution in [0, 0.1) is 0 Å². The molecule has 0 radical (unpaired) electrons. The molecule has 0 spiro atoms. The maximum absolute atomic E-state index is 12.4. The molecule has 0 aromatic carbocycles. The van der Waals surface area contributed by atoms with E-state index in [9.17, 15) is 24.3 Å². The van der Waals surface area contributed by atoms with Gasteiger partial charge in [-0.15, -0.1) is 0 Å². The van der Waals surface area contributed by atoms with E-state index in [2.05, 4.69) is 15.6 Å². The summed E-state index contributed by atoms with van der Waals surface area (Å²) in [4.78, 5) is 51.0. The van der Waals surface area contributed by atoms with Gasteiger partial charge in [0.15, 0.2) is 5.96 Å². The van der Waals surface area contributed by atoms with Gasteiger partial charge in [-0.05, 0) is 32.2 Å². The van der Waals surface area contributed by atoms with Gasteiger partial charge in [0.2, 0.25) is 17.7 Å². The topological polar surface area (TPSA) is 255 Å². The van der Waals surface area contributed by atoms with Gasteiger partial charge in [-0.1, -0.05) is 6.42 Å². The number of rotatable bonds is 15. The van der Waals surface area contributed by atoms with Gasteiger partial charge in [-0.3, -0.25) is 19.4 Å². The predicted molar refractivity (Wildman–Crippen MR) is 106 cm³/mol. The highest BCUT2D eigenvalue weighted by Crippen LogP contribution is 2.03. The number of aliphatic carboxylic acids is 1. The van der Waals surface area contributed by atoms with Crippen LogP contribution in [-0.4, -0.2) is 66.0 Å². The zero-order valence-corrected chi connectivity index (χ0v) is 16.3. The lowest BCUT2D eigenvalue weighted by Gasteiger charge is -2.22. The monoisotopic (exact) mass is 416 g/mol. The molecule has 0 aromatic rings. The van der Waals surface area contributed by atoms with Crippen LogP contribution in [0.4, 0.5) is 0 Å². The first kappa shape index (κ1) is 26.1. The third-order valence-electron chi connectivity index (χ3n) is 3.90. The van der Waals surface area contributed by atoms with Crippen molar-refractivity contribution in [3.05, 3.63) is 0 Å². The van der Waals surface area contributed by atoms with E-state index in [1.54, 1.807) is 0 Å².